The van der Waals surface area contributed by atoms with Crippen molar-refractivity contribution < 1.29 is 18.9 Å². The van der Waals surface area contributed by atoms with Crippen molar-refractivity contribution in [3.8, 4) is 22.8 Å². The molecule has 1 heterocycles. The van der Waals surface area contributed by atoms with E-state index < -0.39 is 6.29 Å². The average Bonchev–Trinajstić information content (AvgIpc) is 3.03. The summed E-state index contributed by atoms with van der Waals surface area (Å²) in [6.07, 6.45) is 1.25. The molecule has 1 N–H and O–H groups in total. The number of imidazole rings is 1. The van der Waals surface area contributed by atoms with Crippen LogP contribution in [0, 0.1) is 0 Å². The average molecular weight is 306 g/mol. The van der Waals surface area contributed by atoms with E-state index in [-0.39, 0.29) is 0 Å². The minimum Gasteiger partial charge on any atom is -0.497 e. The molecule has 2 rings (SSSR count). The summed E-state index contributed by atoms with van der Waals surface area (Å²) in [7, 11) is 3.25. The second kappa shape index (κ2) is 7.82. The summed E-state index contributed by atoms with van der Waals surface area (Å²) >= 11 is 0. The van der Waals surface area contributed by atoms with Gasteiger partial charge in [-0.05, 0) is 26.0 Å². The Morgan fingerprint density at radius 2 is 1.82 bits per heavy atom. The number of hydrogen-bond donors (Lipinski definition) is 1. The standard InChI is InChI=1S/C16H22N2O4/c1-5-21-16(22-6-2)15-17-10-13(18-15)12-8-7-11(19-3)9-14(12)20-4/h7-10,16H,5-6H2,1-4H3,(H,17,18). The number of benzene rings is 1. The van der Waals surface area contributed by atoms with E-state index in [0.717, 1.165) is 17.0 Å². The van der Waals surface area contributed by atoms with Gasteiger partial charge in [0.1, 0.15) is 11.5 Å². The van der Waals surface area contributed by atoms with Crippen molar-refractivity contribution in [2.45, 2.75) is 20.1 Å². The Labute approximate surface area is 130 Å². The van der Waals surface area contributed by atoms with E-state index in [9.17, 15) is 0 Å². The van der Waals surface area contributed by atoms with E-state index in [1.165, 1.54) is 0 Å². The molecule has 0 radical (unpaired) electrons. The van der Waals surface area contributed by atoms with Crippen LogP contribution in [0.2, 0.25) is 0 Å². The molecule has 1 aromatic heterocycles. The predicted octanol–water partition coefficient (Wildman–Crippen LogP) is 3.17. The van der Waals surface area contributed by atoms with Gasteiger partial charge in [0.2, 0.25) is 6.29 Å². The van der Waals surface area contributed by atoms with Crippen LogP contribution in [0.4, 0.5) is 0 Å². The third kappa shape index (κ3) is 3.58. The molecular formula is C16H22N2O4. The number of methoxy groups -OCH3 is 2. The molecule has 6 heteroatoms. The molecule has 0 atom stereocenters. The summed E-state index contributed by atoms with van der Waals surface area (Å²) in [5.41, 5.74) is 1.73. The molecule has 0 aliphatic carbocycles. The van der Waals surface area contributed by atoms with Crippen LogP contribution in [0.1, 0.15) is 26.0 Å². The lowest BCUT2D eigenvalue weighted by Gasteiger charge is -2.14. The van der Waals surface area contributed by atoms with E-state index in [0.29, 0.717) is 24.8 Å². The van der Waals surface area contributed by atoms with Gasteiger partial charge in [0.15, 0.2) is 5.82 Å². The van der Waals surface area contributed by atoms with E-state index >= 15 is 0 Å². The maximum absolute atomic E-state index is 5.54. The first kappa shape index (κ1) is 16.3. The molecular weight excluding hydrogens is 284 g/mol. The number of rotatable bonds is 8. The highest BCUT2D eigenvalue weighted by atomic mass is 16.7. The molecule has 0 bridgehead atoms. The van der Waals surface area contributed by atoms with Gasteiger partial charge in [-0.2, -0.15) is 0 Å². The Balaban J connectivity index is 2.30. The lowest BCUT2D eigenvalue weighted by atomic mass is 10.1. The van der Waals surface area contributed by atoms with Crippen molar-refractivity contribution in [2.75, 3.05) is 27.4 Å². The predicted molar refractivity (Wildman–Crippen MR) is 83.1 cm³/mol. The monoisotopic (exact) mass is 306 g/mol. The Morgan fingerprint density at radius 1 is 1.09 bits per heavy atom. The summed E-state index contributed by atoms with van der Waals surface area (Å²) in [4.78, 5) is 7.59. The van der Waals surface area contributed by atoms with Gasteiger partial charge in [0.05, 0.1) is 26.1 Å². The topological polar surface area (TPSA) is 65.6 Å². The van der Waals surface area contributed by atoms with Crippen LogP contribution in [0.5, 0.6) is 11.5 Å². The fraction of sp³-hybridized carbons (Fsp3) is 0.438. The van der Waals surface area contributed by atoms with Crippen molar-refractivity contribution in [1.82, 2.24) is 9.97 Å². The first-order chi connectivity index (χ1) is 10.7. The smallest absolute Gasteiger partial charge is 0.217 e. The summed E-state index contributed by atoms with van der Waals surface area (Å²) < 4.78 is 21.7. The van der Waals surface area contributed by atoms with E-state index in [1.54, 1.807) is 20.4 Å². The highest BCUT2D eigenvalue weighted by molar-refractivity contribution is 5.68. The summed E-state index contributed by atoms with van der Waals surface area (Å²) in [6.45, 7) is 4.93. The molecule has 22 heavy (non-hydrogen) atoms. The number of aromatic amines is 1. The highest BCUT2D eigenvalue weighted by Crippen LogP contribution is 2.33. The first-order valence-electron chi connectivity index (χ1n) is 7.23. The molecule has 2 aromatic rings. The van der Waals surface area contributed by atoms with Crippen LogP contribution in [0.25, 0.3) is 11.3 Å². The Bertz CT molecular complexity index is 592. The van der Waals surface area contributed by atoms with Gasteiger partial charge >= 0.3 is 0 Å². The van der Waals surface area contributed by atoms with E-state index in [4.69, 9.17) is 18.9 Å². The van der Waals surface area contributed by atoms with E-state index in [1.807, 2.05) is 32.0 Å². The van der Waals surface area contributed by atoms with Crippen molar-refractivity contribution in [1.29, 1.82) is 0 Å². The number of nitrogens with one attached hydrogen (secondary N) is 1. The maximum atomic E-state index is 5.54. The molecule has 1 aromatic carbocycles. The van der Waals surface area contributed by atoms with Gasteiger partial charge in [-0.15, -0.1) is 0 Å². The molecule has 0 fully saturated rings. The summed E-state index contributed by atoms with van der Waals surface area (Å²) in [6, 6.07) is 5.63. The first-order valence-corrected chi connectivity index (χ1v) is 7.23. The third-order valence-electron chi connectivity index (χ3n) is 3.15. The Kier molecular flexibility index (Phi) is 5.80. The molecule has 0 amide bonds. The Morgan fingerprint density at radius 3 is 2.41 bits per heavy atom. The van der Waals surface area contributed by atoms with Crippen molar-refractivity contribution in [3.63, 3.8) is 0 Å². The molecule has 6 nitrogen and oxygen atoms in total. The number of nitrogens with zero attached hydrogens (tertiary/aromatic N) is 1. The van der Waals surface area contributed by atoms with Crippen LogP contribution in [0.3, 0.4) is 0 Å². The zero-order valence-electron chi connectivity index (χ0n) is 13.4. The lowest BCUT2D eigenvalue weighted by Crippen LogP contribution is -2.10. The van der Waals surface area contributed by atoms with Gasteiger partial charge in [-0.1, -0.05) is 0 Å². The zero-order valence-corrected chi connectivity index (χ0v) is 13.4. The minimum absolute atomic E-state index is 0.493. The van der Waals surface area contributed by atoms with Gasteiger partial charge in [0, 0.05) is 24.8 Å². The maximum Gasteiger partial charge on any atom is 0.217 e. The number of hydrogen-bond acceptors (Lipinski definition) is 5. The van der Waals surface area contributed by atoms with Gasteiger partial charge in [-0.25, -0.2) is 4.98 Å². The zero-order chi connectivity index (χ0) is 15.9. The van der Waals surface area contributed by atoms with Crippen LogP contribution in [-0.4, -0.2) is 37.4 Å². The molecule has 0 aliphatic rings. The second-order valence-corrected chi connectivity index (χ2v) is 4.49. The molecule has 0 spiro atoms. The lowest BCUT2D eigenvalue weighted by molar-refractivity contribution is -0.144. The number of ether oxygens (including phenoxy) is 4. The number of H-pyrrole nitrogens is 1. The van der Waals surface area contributed by atoms with Crippen LogP contribution < -0.4 is 9.47 Å². The fourth-order valence-electron chi connectivity index (χ4n) is 2.12. The van der Waals surface area contributed by atoms with Crippen molar-refractivity contribution in [2.24, 2.45) is 0 Å². The molecule has 0 aliphatic heterocycles. The van der Waals surface area contributed by atoms with Crippen LogP contribution >= 0.6 is 0 Å². The van der Waals surface area contributed by atoms with Gasteiger partial charge in [-0.3, -0.25) is 0 Å². The van der Waals surface area contributed by atoms with Crippen molar-refractivity contribution in [3.05, 3.63) is 30.2 Å². The third-order valence-corrected chi connectivity index (χ3v) is 3.15. The number of aromatic nitrogens is 2. The van der Waals surface area contributed by atoms with Gasteiger partial charge < -0.3 is 23.9 Å². The second-order valence-electron chi connectivity index (χ2n) is 4.49. The highest BCUT2D eigenvalue weighted by Gasteiger charge is 2.17. The van der Waals surface area contributed by atoms with Crippen molar-refractivity contribution >= 4 is 0 Å². The van der Waals surface area contributed by atoms with Crippen LogP contribution in [0.15, 0.2) is 24.4 Å². The summed E-state index contributed by atoms with van der Waals surface area (Å²) in [5.74, 6) is 2.08. The van der Waals surface area contributed by atoms with Crippen LogP contribution in [-0.2, 0) is 9.47 Å². The SMILES string of the molecule is CCOC(OCC)c1ncc(-c2ccc(OC)cc2OC)[nH]1. The van der Waals surface area contributed by atoms with Gasteiger partial charge in [0.25, 0.3) is 0 Å². The molecule has 0 saturated carbocycles. The van der Waals surface area contributed by atoms with E-state index in [2.05, 4.69) is 9.97 Å². The largest absolute Gasteiger partial charge is 0.497 e. The molecule has 0 saturated heterocycles. The normalized spacial score (nSPS) is 11.0. The quantitative estimate of drug-likeness (QED) is 0.759. The molecule has 0 unspecified atom stereocenters. The molecule has 120 valence electrons. The minimum atomic E-state index is -0.493. The summed E-state index contributed by atoms with van der Waals surface area (Å²) in [5, 5.41) is 0. The fourth-order valence-corrected chi connectivity index (χ4v) is 2.12. The Hall–Kier alpha value is -2.05.